The summed E-state index contributed by atoms with van der Waals surface area (Å²) in [5.41, 5.74) is 2.09. The summed E-state index contributed by atoms with van der Waals surface area (Å²) in [6, 6.07) is 0. The monoisotopic (exact) mass is 309 g/mol. The molecule has 2 rings (SSSR count). The average molecular weight is 309 g/mol. The Hall–Kier alpha value is -1.93. The van der Waals surface area contributed by atoms with E-state index in [2.05, 4.69) is 20.6 Å². The van der Waals surface area contributed by atoms with Gasteiger partial charge in [-0.3, -0.25) is 19.2 Å². The molecule has 1 fully saturated rings. The van der Waals surface area contributed by atoms with E-state index >= 15 is 0 Å². The standard InChI is InChI=1S/C14H23N5O3/c1-10-12(11(2)18(3)17-10)16-14(21)13(20)15-4-5-19-6-8-22-9-7-19/h4-9H2,1-3H3,(H,15,20)(H,16,21). The smallest absolute Gasteiger partial charge is 0.313 e. The third-order valence-electron chi connectivity index (χ3n) is 3.77. The van der Waals surface area contributed by atoms with Gasteiger partial charge in [0.25, 0.3) is 0 Å². The van der Waals surface area contributed by atoms with E-state index in [0.29, 0.717) is 37.7 Å². The fourth-order valence-electron chi connectivity index (χ4n) is 2.36. The average Bonchev–Trinajstić information content (AvgIpc) is 2.74. The van der Waals surface area contributed by atoms with E-state index in [0.717, 1.165) is 18.8 Å². The van der Waals surface area contributed by atoms with Gasteiger partial charge in [0.2, 0.25) is 0 Å². The number of nitrogens with zero attached hydrogens (tertiary/aromatic N) is 3. The summed E-state index contributed by atoms with van der Waals surface area (Å²) < 4.78 is 6.92. The van der Waals surface area contributed by atoms with Crippen LogP contribution in [0, 0.1) is 13.8 Å². The van der Waals surface area contributed by atoms with Crippen LogP contribution in [0.15, 0.2) is 0 Å². The zero-order valence-corrected chi connectivity index (χ0v) is 13.3. The van der Waals surface area contributed by atoms with Crippen LogP contribution in [0.3, 0.4) is 0 Å². The summed E-state index contributed by atoms with van der Waals surface area (Å²) in [5, 5.41) is 9.45. The van der Waals surface area contributed by atoms with Crippen LogP contribution in [-0.4, -0.2) is 65.9 Å². The quantitative estimate of drug-likeness (QED) is 0.727. The molecule has 0 aromatic carbocycles. The molecule has 1 aliphatic rings. The fourth-order valence-corrected chi connectivity index (χ4v) is 2.36. The van der Waals surface area contributed by atoms with Crippen LogP contribution < -0.4 is 10.6 Å². The Morgan fingerprint density at radius 1 is 1.23 bits per heavy atom. The molecule has 0 atom stereocenters. The van der Waals surface area contributed by atoms with Crippen molar-refractivity contribution in [2.24, 2.45) is 7.05 Å². The van der Waals surface area contributed by atoms with Crippen LogP contribution in [0.25, 0.3) is 0 Å². The van der Waals surface area contributed by atoms with Crippen LogP contribution in [0.2, 0.25) is 0 Å². The molecule has 8 heteroatoms. The van der Waals surface area contributed by atoms with Crippen molar-refractivity contribution in [3.05, 3.63) is 11.4 Å². The second-order valence-electron chi connectivity index (χ2n) is 5.33. The summed E-state index contributed by atoms with van der Waals surface area (Å²) in [7, 11) is 1.79. The lowest BCUT2D eigenvalue weighted by atomic mass is 10.3. The molecule has 0 bridgehead atoms. The van der Waals surface area contributed by atoms with E-state index < -0.39 is 11.8 Å². The predicted octanol–water partition coefficient (Wildman–Crippen LogP) is -0.576. The van der Waals surface area contributed by atoms with E-state index in [1.54, 1.807) is 18.7 Å². The Balaban J connectivity index is 1.78. The van der Waals surface area contributed by atoms with E-state index in [4.69, 9.17) is 4.74 Å². The molecule has 1 aromatic rings. The highest BCUT2D eigenvalue weighted by atomic mass is 16.5. The van der Waals surface area contributed by atoms with Gasteiger partial charge in [-0.15, -0.1) is 0 Å². The minimum Gasteiger partial charge on any atom is -0.379 e. The first kappa shape index (κ1) is 16.4. The second kappa shape index (κ2) is 7.37. The molecule has 0 aliphatic carbocycles. The maximum absolute atomic E-state index is 11.9. The lowest BCUT2D eigenvalue weighted by Gasteiger charge is -2.26. The zero-order chi connectivity index (χ0) is 16.1. The molecule has 1 aromatic heterocycles. The van der Waals surface area contributed by atoms with Crippen molar-refractivity contribution in [2.75, 3.05) is 44.7 Å². The number of nitrogens with one attached hydrogen (secondary N) is 2. The minimum atomic E-state index is -0.666. The Kier molecular flexibility index (Phi) is 5.51. The van der Waals surface area contributed by atoms with Crippen molar-refractivity contribution in [3.63, 3.8) is 0 Å². The van der Waals surface area contributed by atoms with Crippen molar-refractivity contribution in [1.29, 1.82) is 0 Å². The maximum atomic E-state index is 11.9. The lowest BCUT2D eigenvalue weighted by Crippen LogP contribution is -2.43. The minimum absolute atomic E-state index is 0.442. The van der Waals surface area contributed by atoms with Crippen LogP contribution in [0.5, 0.6) is 0 Å². The molecule has 0 unspecified atom stereocenters. The van der Waals surface area contributed by atoms with E-state index in [-0.39, 0.29) is 0 Å². The van der Waals surface area contributed by atoms with Gasteiger partial charge in [0.1, 0.15) is 0 Å². The predicted molar refractivity (Wildman–Crippen MR) is 81.6 cm³/mol. The molecular formula is C14H23N5O3. The van der Waals surface area contributed by atoms with Crippen LogP contribution in [-0.2, 0) is 21.4 Å². The SMILES string of the molecule is Cc1nn(C)c(C)c1NC(=O)C(=O)NCCN1CCOCC1. The number of carbonyl (C=O) groups is 2. The van der Waals surface area contributed by atoms with Crippen molar-refractivity contribution in [1.82, 2.24) is 20.0 Å². The highest BCUT2D eigenvalue weighted by Gasteiger charge is 2.18. The third-order valence-corrected chi connectivity index (χ3v) is 3.77. The summed E-state index contributed by atoms with van der Waals surface area (Å²) in [6.07, 6.45) is 0. The number of amides is 2. The van der Waals surface area contributed by atoms with Crippen LogP contribution in [0.4, 0.5) is 5.69 Å². The van der Waals surface area contributed by atoms with Gasteiger partial charge < -0.3 is 15.4 Å². The number of anilines is 1. The Morgan fingerprint density at radius 3 is 2.50 bits per heavy atom. The highest BCUT2D eigenvalue weighted by molar-refractivity contribution is 6.39. The number of ether oxygens (including phenoxy) is 1. The molecule has 2 amide bonds. The normalized spacial score (nSPS) is 15.6. The first-order valence-electron chi connectivity index (χ1n) is 7.38. The van der Waals surface area contributed by atoms with Gasteiger partial charge in [-0.25, -0.2) is 0 Å². The molecule has 122 valence electrons. The van der Waals surface area contributed by atoms with E-state index in [9.17, 15) is 9.59 Å². The highest BCUT2D eigenvalue weighted by Crippen LogP contribution is 2.17. The number of carbonyl (C=O) groups excluding carboxylic acids is 2. The number of hydrogen-bond acceptors (Lipinski definition) is 5. The Labute approximate surface area is 129 Å². The first-order valence-corrected chi connectivity index (χ1v) is 7.38. The molecule has 0 spiro atoms. The zero-order valence-electron chi connectivity index (χ0n) is 13.3. The van der Waals surface area contributed by atoms with Gasteiger partial charge in [0.05, 0.1) is 30.3 Å². The summed E-state index contributed by atoms with van der Waals surface area (Å²) in [6.45, 7) is 7.93. The number of aromatic nitrogens is 2. The molecule has 0 saturated carbocycles. The molecular weight excluding hydrogens is 286 g/mol. The van der Waals surface area contributed by atoms with E-state index in [1.807, 2.05) is 6.92 Å². The lowest BCUT2D eigenvalue weighted by molar-refractivity contribution is -0.136. The molecule has 1 aliphatic heterocycles. The summed E-state index contributed by atoms with van der Waals surface area (Å²) in [5.74, 6) is -1.29. The van der Waals surface area contributed by atoms with Gasteiger partial charge in [-0.05, 0) is 13.8 Å². The van der Waals surface area contributed by atoms with Crippen LogP contribution >= 0.6 is 0 Å². The van der Waals surface area contributed by atoms with Crippen molar-refractivity contribution < 1.29 is 14.3 Å². The topological polar surface area (TPSA) is 88.5 Å². The molecule has 2 heterocycles. The Bertz CT molecular complexity index is 549. The largest absolute Gasteiger partial charge is 0.379 e. The summed E-state index contributed by atoms with van der Waals surface area (Å²) >= 11 is 0. The molecule has 0 radical (unpaired) electrons. The molecule has 8 nitrogen and oxygen atoms in total. The van der Waals surface area contributed by atoms with Crippen molar-refractivity contribution >= 4 is 17.5 Å². The van der Waals surface area contributed by atoms with Gasteiger partial charge in [0.15, 0.2) is 0 Å². The number of aryl methyl sites for hydroxylation is 2. The first-order chi connectivity index (χ1) is 10.5. The van der Waals surface area contributed by atoms with Crippen molar-refractivity contribution in [3.8, 4) is 0 Å². The third kappa shape index (κ3) is 4.05. The number of rotatable bonds is 4. The molecule has 2 N–H and O–H groups in total. The van der Waals surface area contributed by atoms with Gasteiger partial charge in [0, 0.05) is 33.2 Å². The molecule has 22 heavy (non-hydrogen) atoms. The van der Waals surface area contributed by atoms with Gasteiger partial charge in [-0.2, -0.15) is 5.10 Å². The second-order valence-corrected chi connectivity index (χ2v) is 5.33. The van der Waals surface area contributed by atoms with Crippen molar-refractivity contribution in [2.45, 2.75) is 13.8 Å². The van der Waals surface area contributed by atoms with Gasteiger partial charge in [-0.1, -0.05) is 0 Å². The number of hydrogen-bond donors (Lipinski definition) is 2. The Morgan fingerprint density at radius 2 is 1.91 bits per heavy atom. The summed E-state index contributed by atoms with van der Waals surface area (Å²) in [4.78, 5) is 25.9. The maximum Gasteiger partial charge on any atom is 0.313 e. The fraction of sp³-hybridized carbons (Fsp3) is 0.643. The molecule has 1 saturated heterocycles. The van der Waals surface area contributed by atoms with Gasteiger partial charge >= 0.3 is 11.8 Å². The van der Waals surface area contributed by atoms with E-state index in [1.165, 1.54) is 0 Å². The number of morpholine rings is 1. The van der Waals surface area contributed by atoms with Crippen LogP contribution in [0.1, 0.15) is 11.4 Å².